The minimum atomic E-state index is -0.984. The summed E-state index contributed by atoms with van der Waals surface area (Å²) in [6.45, 7) is 4.21. The zero-order valence-electron chi connectivity index (χ0n) is 11.2. The van der Waals surface area contributed by atoms with Crippen LogP contribution in [-0.2, 0) is 9.59 Å². The Labute approximate surface area is 108 Å². The summed E-state index contributed by atoms with van der Waals surface area (Å²) < 4.78 is 0. The van der Waals surface area contributed by atoms with Gasteiger partial charge in [0.2, 0.25) is 5.91 Å². The lowest BCUT2D eigenvalue weighted by atomic mass is 9.70. The summed E-state index contributed by atoms with van der Waals surface area (Å²) in [5.74, 6) is -0.549. The number of aliphatic carboxylic acids is 1. The first-order valence-corrected chi connectivity index (χ1v) is 6.69. The van der Waals surface area contributed by atoms with Gasteiger partial charge in [-0.05, 0) is 38.0 Å². The molecule has 1 fully saturated rings. The molecular formula is C13H24N2O3. The Morgan fingerprint density at radius 1 is 1.44 bits per heavy atom. The highest BCUT2D eigenvalue weighted by Crippen LogP contribution is 2.38. The van der Waals surface area contributed by atoms with Crippen molar-refractivity contribution in [2.45, 2.75) is 52.0 Å². The quantitative estimate of drug-likeness (QED) is 0.687. The lowest BCUT2D eigenvalue weighted by Crippen LogP contribution is -2.52. The van der Waals surface area contributed by atoms with Crippen LogP contribution < -0.4 is 11.1 Å². The van der Waals surface area contributed by atoms with Crippen LogP contribution in [0.15, 0.2) is 0 Å². The maximum atomic E-state index is 12.3. The Kier molecular flexibility index (Phi) is 5.14. The van der Waals surface area contributed by atoms with E-state index < -0.39 is 17.4 Å². The first-order valence-electron chi connectivity index (χ1n) is 6.69. The number of carboxylic acid groups (broad SMARTS) is 1. The number of amides is 1. The van der Waals surface area contributed by atoms with Gasteiger partial charge >= 0.3 is 5.97 Å². The smallest absolute Gasteiger partial charge is 0.326 e. The predicted molar refractivity (Wildman–Crippen MR) is 69.0 cm³/mol. The Morgan fingerprint density at radius 3 is 2.39 bits per heavy atom. The summed E-state index contributed by atoms with van der Waals surface area (Å²) in [6, 6.07) is -0.805. The first kappa shape index (κ1) is 15.0. The van der Waals surface area contributed by atoms with E-state index >= 15 is 0 Å². The standard InChI is InChI=1S/C13H24N2O3/c1-3-10(11(16)17)15-12(18)13(8-14)6-4-9(2)5-7-13/h9-10H,3-8,14H2,1-2H3,(H,15,18)(H,16,17). The SMILES string of the molecule is CCC(NC(=O)C1(CN)CCC(C)CC1)C(=O)O. The molecule has 18 heavy (non-hydrogen) atoms. The highest BCUT2D eigenvalue weighted by atomic mass is 16.4. The van der Waals surface area contributed by atoms with Gasteiger partial charge in [-0.2, -0.15) is 0 Å². The zero-order chi connectivity index (χ0) is 13.8. The van der Waals surface area contributed by atoms with Crippen molar-refractivity contribution in [3.8, 4) is 0 Å². The van der Waals surface area contributed by atoms with Crippen molar-refractivity contribution in [2.75, 3.05) is 6.54 Å². The Bertz CT molecular complexity index is 309. The number of rotatable bonds is 5. The minimum Gasteiger partial charge on any atom is -0.480 e. The van der Waals surface area contributed by atoms with E-state index in [1.807, 2.05) is 0 Å². The number of hydrogen-bond acceptors (Lipinski definition) is 3. The normalized spacial score (nSPS) is 29.6. The van der Waals surface area contributed by atoms with E-state index in [0.29, 0.717) is 18.9 Å². The van der Waals surface area contributed by atoms with Crippen LogP contribution in [0.25, 0.3) is 0 Å². The molecule has 0 aliphatic heterocycles. The van der Waals surface area contributed by atoms with Gasteiger partial charge in [-0.15, -0.1) is 0 Å². The third-order valence-corrected chi connectivity index (χ3v) is 4.12. The van der Waals surface area contributed by atoms with Gasteiger partial charge in [0.05, 0.1) is 5.41 Å². The fraction of sp³-hybridized carbons (Fsp3) is 0.846. The van der Waals surface area contributed by atoms with Gasteiger partial charge in [-0.1, -0.05) is 13.8 Å². The van der Waals surface area contributed by atoms with Gasteiger partial charge in [-0.25, -0.2) is 4.79 Å². The average molecular weight is 256 g/mol. The van der Waals surface area contributed by atoms with Gasteiger partial charge in [0.15, 0.2) is 0 Å². The summed E-state index contributed by atoms with van der Waals surface area (Å²) in [6.07, 6.45) is 3.86. The molecule has 0 spiro atoms. The Hall–Kier alpha value is -1.10. The molecule has 5 heteroatoms. The van der Waals surface area contributed by atoms with Crippen LogP contribution in [0.2, 0.25) is 0 Å². The monoisotopic (exact) mass is 256 g/mol. The second-order valence-corrected chi connectivity index (χ2v) is 5.44. The van der Waals surface area contributed by atoms with Crippen molar-refractivity contribution >= 4 is 11.9 Å². The summed E-state index contributed by atoms with van der Waals surface area (Å²) >= 11 is 0. The molecule has 1 rings (SSSR count). The zero-order valence-corrected chi connectivity index (χ0v) is 11.2. The number of carboxylic acids is 1. The molecule has 1 atom stereocenters. The summed E-state index contributed by atoms with van der Waals surface area (Å²) in [5, 5.41) is 11.6. The largest absolute Gasteiger partial charge is 0.480 e. The van der Waals surface area contributed by atoms with Gasteiger partial charge in [0, 0.05) is 6.54 Å². The second kappa shape index (κ2) is 6.18. The highest BCUT2D eigenvalue weighted by Gasteiger charge is 2.40. The maximum absolute atomic E-state index is 12.3. The molecule has 0 aromatic rings. The van der Waals surface area contributed by atoms with Crippen LogP contribution in [0.3, 0.4) is 0 Å². The molecular weight excluding hydrogens is 232 g/mol. The molecule has 0 radical (unpaired) electrons. The summed E-state index contributed by atoms with van der Waals surface area (Å²) in [7, 11) is 0. The molecule has 4 N–H and O–H groups in total. The third kappa shape index (κ3) is 3.22. The number of carbonyl (C=O) groups excluding carboxylic acids is 1. The van der Waals surface area contributed by atoms with Gasteiger partial charge in [-0.3, -0.25) is 4.79 Å². The molecule has 0 aromatic heterocycles. The van der Waals surface area contributed by atoms with Crippen molar-refractivity contribution < 1.29 is 14.7 Å². The van der Waals surface area contributed by atoms with E-state index in [-0.39, 0.29) is 5.91 Å². The minimum absolute atomic E-state index is 0.189. The average Bonchev–Trinajstić information content (AvgIpc) is 2.36. The molecule has 1 amide bonds. The Balaban J connectivity index is 2.70. The second-order valence-electron chi connectivity index (χ2n) is 5.44. The summed E-state index contributed by atoms with van der Waals surface area (Å²) in [5.41, 5.74) is 5.21. The molecule has 0 bridgehead atoms. The fourth-order valence-electron chi connectivity index (χ4n) is 2.49. The molecule has 1 saturated carbocycles. The van der Waals surface area contributed by atoms with E-state index in [9.17, 15) is 9.59 Å². The number of carbonyl (C=O) groups is 2. The van der Waals surface area contributed by atoms with E-state index in [1.54, 1.807) is 6.92 Å². The van der Waals surface area contributed by atoms with Gasteiger partial charge in [0.25, 0.3) is 0 Å². The maximum Gasteiger partial charge on any atom is 0.326 e. The molecule has 0 heterocycles. The van der Waals surface area contributed by atoms with E-state index in [2.05, 4.69) is 12.2 Å². The van der Waals surface area contributed by atoms with Crippen LogP contribution in [0.1, 0.15) is 46.0 Å². The van der Waals surface area contributed by atoms with Crippen LogP contribution >= 0.6 is 0 Å². The lowest BCUT2D eigenvalue weighted by Gasteiger charge is -2.37. The van der Waals surface area contributed by atoms with Crippen LogP contribution in [0.5, 0.6) is 0 Å². The topological polar surface area (TPSA) is 92.4 Å². The van der Waals surface area contributed by atoms with Crippen molar-refractivity contribution in [3.63, 3.8) is 0 Å². The molecule has 1 unspecified atom stereocenters. The third-order valence-electron chi connectivity index (χ3n) is 4.12. The van der Waals surface area contributed by atoms with Crippen LogP contribution in [-0.4, -0.2) is 29.6 Å². The summed E-state index contributed by atoms with van der Waals surface area (Å²) in [4.78, 5) is 23.2. The fourth-order valence-corrected chi connectivity index (χ4v) is 2.49. The Morgan fingerprint density at radius 2 is 2.00 bits per heavy atom. The van der Waals surface area contributed by atoms with Crippen molar-refractivity contribution in [2.24, 2.45) is 17.1 Å². The van der Waals surface area contributed by atoms with E-state index in [4.69, 9.17) is 10.8 Å². The first-order chi connectivity index (χ1) is 8.45. The van der Waals surface area contributed by atoms with E-state index in [1.165, 1.54) is 0 Å². The molecule has 1 aliphatic rings. The van der Waals surface area contributed by atoms with Gasteiger partial charge in [0.1, 0.15) is 6.04 Å². The molecule has 0 saturated heterocycles. The number of nitrogens with one attached hydrogen (secondary N) is 1. The highest BCUT2D eigenvalue weighted by molar-refractivity contribution is 5.87. The molecule has 5 nitrogen and oxygen atoms in total. The van der Waals surface area contributed by atoms with Crippen LogP contribution in [0.4, 0.5) is 0 Å². The lowest BCUT2D eigenvalue weighted by molar-refractivity contribution is -0.144. The van der Waals surface area contributed by atoms with Gasteiger partial charge < -0.3 is 16.2 Å². The van der Waals surface area contributed by atoms with Crippen molar-refractivity contribution in [1.82, 2.24) is 5.32 Å². The number of nitrogens with two attached hydrogens (primary N) is 1. The van der Waals surface area contributed by atoms with Crippen molar-refractivity contribution in [1.29, 1.82) is 0 Å². The molecule has 0 aromatic carbocycles. The molecule has 104 valence electrons. The van der Waals surface area contributed by atoms with E-state index in [0.717, 1.165) is 25.7 Å². The van der Waals surface area contributed by atoms with Crippen LogP contribution in [0, 0.1) is 11.3 Å². The van der Waals surface area contributed by atoms with Crippen molar-refractivity contribution in [3.05, 3.63) is 0 Å². The predicted octanol–water partition coefficient (Wildman–Crippen LogP) is 1.12. The number of hydrogen-bond donors (Lipinski definition) is 3. The molecule has 1 aliphatic carbocycles.